The molecule has 26 heavy (non-hydrogen) atoms. The van der Waals surface area contributed by atoms with Crippen molar-refractivity contribution in [1.29, 1.82) is 0 Å². The largest absolute Gasteiger partial charge is 0.486 e. The zero-order valence-corrected chi connectivity index (χ0v) is 15.5. The van der Waals surface area contributed by atoms with E-state index in [-0.39, 0.29) is 41.9 Å². The minimum absolute atomic E-state index is 0. The highest BCUT2D eigenvalue weighted by Crippen LogP contribution is 2.23. The molecule has 1 aliphatic rings. The zero-order valence-electron chi connectivity index (χ0n) is 14.7. The molecular weight excluding hydrogens is 362 g/mol. The Balaban J connectivity index is 0.00000243. The quantitative estimate of drug-likeness (QED) is 0.800. The van der Waals surface area contributed by atoms with Crippen molar-refractivity contribution in [1.82, 2.24) is 20.0 Å². The maximum absolute atomic E-state index is 12.7. The highest BCUT2D eigenvalue weighted by atomic mass is 35.5. The van der Waals surface area contributed by atoms with Gasteiger partial charge in [0, 0.05) is 19.5 Å². The predicted octanol–water partition coefficient (Wildman–Crippen LogP) is 1.31. The number of rotatable bonds is 5. The summed E-state index contributed by atoms with van der Waals surface area (Å²) in [6.07, 6.45) is 4.57. The van der Waals surface area contributed by atoms with Crippen molar-refractivity contribution in [2.75, 3.05) is 25.0 Å². The lowest BCUT2D eigenvalue weighted by molar-refractivity contribution is 0.101. The first-order valence-electron chi connectivity index (χ1n) is 8.27. The van der Waals surface area contributed by atoms with Gasteiger partial charge in [0.2, 0.25) is 5.75 Å². The number of piperidine rings is 1. The summed E-state index contributed by atoms with van der Waals surface area (Å²) in [5.74, 6) is 0.0706. The maximum Gasteiger partial charge on any atom is 0.296 e. The van der Waals surface area contributed by atoms with Gasteiger partial charge >= 0.3 is 0 Å². The summed E-state index contributed by atoms with van der Waals surface area (Å²) in [5, 5.41) is 9.44. The van der Waals surface area contributed by atoms with Crippen LogP contribution in [0.1, 0.15) is 42.0 Å². The third kappa shape index (κ3) is 4.05. The number of anilines is 1. The van der Waals surface area contributed by atoms with E-state index >= 15 is 0 Å². The molecule has 2 aromatic heterocycles. The van der Waals surface area contributed by atoms with Gasteiger partial charge in [0.05, 0.1) is 12.8 Å². The fraction of sp³-hybridized carbons (Fsp3) is 0.500. The number of hydrogen-bond acceptors (Lipinski definition) is 7. The molecule has 0 aromatic carbocycles. The Bertz CT molecular complexity index is 800. The second kappa shape index (κ2) is 8.81. The van der Waals surface area contributed by atoms with Crippen LogP contribution in [0.2, 0.25) is 0 Å². The van der Waals surface area contributed by atoms with Gasteiger partial charge in [0.1, 0.15) is 17.8 Å². The molecule has 1 unspecified atom stereocenters. The Morgan fingerprint density at radius 2 is 2.35 bits per heavy atom. The van der Waals surface area contributed by atoms with Crippen molar-refractivity contribution in [3.05, 3.63) is 34.3 Å². The van der Waals surface area contributed by atoms with Crippen molar-refractivity contribution in [3.8, 4) is 5.75 Å². The summed E-state index contributed by atoms with van der Waals surface area (Å²) in [5.41, 5.74) is -0.00424. The molecule has 0 radical (unpaired) electrons. The standard InChI is InChI=1S/C16H21N5O4.ClH/c1-3-24-13-12(15(22)19-11-8-18-25-9-11)20-14(21(2)16(13)23)10-5-4-6-17-7-10;/h8-10,17H,3-7H2,1-2H3,(H,19,22);1H. The van der Waals surface area contributed by atoms with Gasteiger partial charge < -0.3 is 19.9 Å². The third-order valence-electron chi connectivity index (χ3n) is 4.14. The van der Waals surface area contributed by atoms with E-state index in [9.17, 15) is 9.59 Å². The number of halogens is 1. The molecule has 0 saturated carbocycles. The molecule has 1 aliphatic heterocycles. The highest BCUT2D eigenvalue weighted by molar-refractivity contribution is 6.04. The molecule has 2 N–H and O–H groups in total. The van der Waals surface area contributed by atoms with Crippen molar-refractivity contribution in [2.24, 2.45) is 7.05 Å². The highest BCUT2D eigenvalue weighted by Gasteiger charge is 2.26. The van der Waals surface area contributed by atoms with Gasteiger partial charge in [0.15, 0.2) is 5.69 Å². The second-order valence-corrected chi connectivity index (χ2v) is 5.86. The summed E-state index contributed by atoms with van der Waals surface area (Å²) in [4.78, 5) is 29.8. The van der Waals surface area contributed by atoms with Gasteiger partial charge in [-0.3, -0.25) is 14.2 Å². The fourth-order valence-corrected chi connectivity index (χ4v) is 2.92. The molecule has 1 saturated heterocycles. The average Bonchev–Trinajstić information content (AvgIpc) is 3.13. The van der Waals surface area contributed by atoms with Crippen LogP contribution >= 0.6 is 12.4 Å². The smallest absolute Gasteiger partial charge is 0.296 e. The Morgan fingerprint density at radius 1 is 1.54 bits per heavy atom. The van der Waals surface area contributed by atoms with Crippen molar-refractivity contribution >= 4 is 24.0 Å². The first-order valence-corrected chi connectivity index (χ1v) is 8.27. The van der Waals surface area contributed by atoms with Crippen LogP contribution in [0, 0.1) is 0 Å². The summed E-state index contributed by atoms with van der Waals surface area (Å²) >= 11 is 0. The van der Waals surface area contributed by atoms with Gasteiger partial charge in [-0.1, -0.05) is 5.16 Å². The van der Waals surface area contributed by atoms with Crippen LogP contribution < -0.4 is 20.9 Å². The monoisotopic (exact) mass is 383 g/mol. The van der Waals surface area contributed by atoms with E-state index < -0.39 is 5.91 Å². The molecule has 0 bridgehead atoms. The lowest BCUT2D eigenvalue weighted by Gasteiger charge is -2.24. The maximum atomic E-state index is 12.7. The Hall–Kier alpha value is -2.39. The molecule has 2 aromatic rings. The van der Waals surface area contributed by atoms with Gasteiger partial charge in [-0.05, 0) is 26.3 Å². The molecule has 142 valence electrons. The van der Waals surface area contributed by atoms with E-state index in [2.05, 4.69) is 20.8 Å². The number of nitrogens with zero attached hydrogens (tertiary/aromatic N) is 3. The molecule has 0 aliphatic carbocycles. The summed E-state index contributed by atoms with van der Waals surface area (Å²) < 4.78 is 11.6. The molecule has 1 atom stereocenters. The van der Waals surface area contributed by atoms with Crippen molar-refractivity contribution in [2.45, 2.75) is 25.7 Å². The van der Waals surface area contributed by atoms with Crippen LogP contribution in [0.4, 0.5) is 5.69 Å². The van der Waals surface area contributed by atoms with E-state index in [0.717, 1.165) is 25.9 Å². The van der Waals surface area contributed by atoms with Crippen LogP contribution in [0.5, 0.6) is 5.75 Å². The lowest BCUT2D eigenvalue weighted by Crippen LogP contribution is -2.35. The number of nitrogens with one attached hydrogen (secondary N) is 2. The summed E-state index contributed by atoms with van der Waals surface area (Å²) in [6, 6.07) is 0. The van der Waals surface area contributed by atoms with Crippen LogP contribution in [0.3, 0.4) is 0 Å². The zero-order chi connectivity index (χ0) is 17.8. The van der Waals surface area contributed by atoms with E-state index in [1.54, 1.807) is 14.0 Å². The van der Waals surface area contributed by atoms with E-state index in [1.807, 2.05) is 0 Å². The Kier molecular flexibility index (Phi) is 6.76. The minimum atomic E-state index is -0.533. The van der Waals surface area contributed by atoms with Crippen LogP contribution in [-0.2, 0) is 7.05 Å². The van der Waals surface area contributed by atoms with Crippen LogP contribution in [0.25, 0.3) is 0 Å². The number of hydrogen-bond donors (Lipinski definition) is 2. The van der Waals surface area contributed by atoms with Crippen molar-refractivity contribution < 1.29 is 14.1 Å². The summed E-state index contributed by atoms with van der Waals surface area (Å²) in [7, 11) is 1.66. The second-order valence-electron chi connectivity index (χ2n) is 5.86. The molecule has 3 heterocycles. The molecule has 3 rings (SSSR count). The van der Waals surface area contributed by atoms with E-state index in [1.165, 1.54) is 17.0 Å². The molecule has 10 heteroatoms. The van der Waals surface area contributed by atoms with Crippen molar-refractivity contribution in [3.63, 3.8) is 0 Å². The predicted molar refractivity (Wildman–Crippen MR) is 97.2 cm³/mol. The van der Waals surface area contributed by atoms with E-state index in [4.69, 9.17) is 9.26 Å². The number of aromatic nitrogens is 3. The lowest BCUT2D eigenvalue weighted by atomic mass is 9.98. The number of ether oxygens (including phenoxy) is 1. The van der Waals surface area contributed by atoms with Gasteiger partial charge in [0.25, 0.3) is 11.5 Å². The number of amides is 1. The van der Waals surface area contributed by atoms with E-state index in [0.29, 0.717) is 11.5 Å². The first kappa shape index (κ1) is 19.9. The fourth-order valence-electron chi connectivity index (χ4n) is 2.92. The van der Waals surface area contributed by atoms with Crippen LogP contribution in [-0.4, -0.2) is 40.3 Å². The molecule has 9 nitrogen and oxygen atoms in total. The number of carbonyl (C=O) groups is 1. The molecular formula is C16H22ClN5O4. The molecule has 1 fully saturated rings. The Labute approximate surface area is 156 Å². The average molecular weight is 384 g/mol. The third-order valence-corrected chi connectivity index (χ3v) is 4.14. The normalized spacial score (nSPS) is 16.6. The summed E-state index contributed by atoms with van der Waals surface area (Å²) in [6.45, 7) is 3.68. The van der Waals surface area contributed by atoms with Crippen LogP contribution in [0.15, 0.2) is 21.8 Å². The topological polar surface area (TPSA) is 111 Å². The van der Waals surface area contributed by atoms with Gasteiger partial charge in [-0.25, -0.2) is 4.98 Å². The minimum Gasteiger partial charge on any atom is -0.486 e. The number of carbonyl (C=O) groups excluding carboxylic acids is 1. The molecule has 1 amide bonds. The molecule has 0 spiro atoms. The van der Waals surface area contributed by atoms with Gasteiger partial charge in [-0.15, -0.1) is 12.4 Å². The first-order chi connectivity index (χ1) is 12.1. The van der Waals surface area contributed by atoms with Gasteiger partial charge in [-0.2, -0.15) is 0 Å². The Morgan fingerprint density at radius 3 is 2.96 bits per heavy atom. The SMILES string of the molecule is CCOc1c(C(=O)Nc2cnoc2)nc(C2CCCNC2)n(C)c1=O.Cl.